The van der Waals surface area contributed by atoms with Crippen molar-refractivity contribution in [1.82, 2.24) is 61.5 Å². The first kappa shape index (κ1) is 144. The molecule has 0 bridgehead atoms. The van der Waals surface area contributed by atoms with Crippen molar-refractivity contribution in [3.8, 4) is 0 Å². The molecule has 0 radical (unpaired) electrons. The minimum atomic E-state index is -6.17. The van der Waals surface area contributed by atoms with Gasteiger partial charge in [0.25, 0.3) is 0 Å². The van der Waals surface area contributed by atoms with Crippen LogP contribution in [-0.2, 0) is 306 Å². The molecular weight excluding hydrogens is 3020 g/mol. The van der Waals surface area contributed by atoms with Crippen molar-refractivity contribution in [2.45, 2.75) is 0 Å². The second-order valence-electron chi connectivity index (χ2n) is 3.67. The molecule has 0 unspecified atom stereocenters. The number of hydrogen-bond donors (Lipinski definition) is 10. The summed E-state index contributed by atoms with van der Waals surface area (Å²) in [6.07, 6.45) is 0. The molecule has 0 heterocycles. The summed E-state index contributed by atoms with van der Waals surface area (Å²) >= 11 is -62.7. The molecule has 52 nitrogen and oxygen atoms in total. The summed E-state index contributed by atoms with van der Waals surface area (Å²) in [4.78, 5) is 0. The Balaban J connectivity index is -0.0000000131. The molecule has 0 aliphatic carbocycles. The maximum atomic E-state index is 8.65. The molecular formula is H42N10O42W12. The molecule has 0 saturated carbocycles. The third kappa shape index (κ3) is 130000. The molecule has 0 aromatic rings. The van der Waals surface area contributed by atoms with Crippen LogP contribution in [-0.4, -0.2) is 0 Å². The molecule has 0 aliphatic rings. The van der Waals surface area contributed by atoms with Gasteiger partial charge in [-0.3, -0.25) is 0 Å². The van der Waals surface area contributed by atoms with Crippen molar-refractivity contribution in [3.05, 3.63) is 0 Å². The molecule has 0 amide bonds. The zero-order chi connectivity index (χ0) is 48.5. The second-order valence-corrected chi connectivity index (χ2v) is 30.1. The molecule has 0 atom stereocenters. The molecule has 0 rings (SSSR count). The average Bonchev–Trinajstić information content (AvgIpc) is 2.55. The summed E-state index contributed by atoms with van der Waals surface area (Å²) < 4.78 is 362. The SMILES string of the molecule is [H+].[H+].[NH4+].[NH4+].[NH4+].[NH4+].[NH4+].[NH4+].[NH4+].[NH4+].[NH4+].[NH4+].[O]=[W](=[O])([O-])[O-].[O]=[W](=[O])([O-])[O-].[O]=[W](=[O])([O-])[O-].[O]=[W](=[O])([O-])[O-].[O]=[W](=[O])([O-])[O-].[O]=[W](=[O])([O-])[O-].[O]=[W](=[O])=[O].[O]=[W](=[O])=[O].[O]=[W](=[O])=[O].[O]=[W](=[O])=[O].[O]=[W](=[O])=[O].[O]=[W](=[O])=[O]. The van der Waals surface area contributed by atoms with Crippen molar-refractivity contribution >= 4 is 0 Å². The van der Waals surface area contributed by atoms with E-state index in [1.54, 1.807) is 0 Å². The van der Waals surface area contributed by atoms with Gasteiger partial charge in [0.05, 0.1) is 0 Å². The van der Waals surface area contributed by atoms with Crippen LogP contribution in [0.5, 0.6) is 0 Å². The van der Waals surface area contributed by atoms with Gasteiger partial charge in [-0.1, -0.05) is 0 Å². The van der Waals surface area contributed by atoms with Gasteiger partial charge in [0.2, 0.25) is 0 Å². The Kier molecular flexibility index (Phi) is 190. The van der Waals surface area contributed by atoms with E-state index in [0.29, 0.717) is 0 Å². The Morgan fingerprint density at radius 1 is 0.172 bits per heavy atom. The Morgan fingerprint density at radius 2 is 0.172 bits per heavy atom. The van der Waals surface area contributed by atoms with E-state index in [4.69, 9.17) is 147 Å². The van der Waals surface area contributed by atoms with Crippen LogP contribution in [0.25, 0.3) is 0 Å². The van der Waals surface area contributed by atoms with Gasteiger partial charge in [-0.15, -0.1) is 0 Å². The molecule has 40 N–H and O–H groups in total. The van der Waals surface area contributed by atoms with E-state index in [2.05, 4.69) is 0 Å². The molecule has 64 heavy (non-hydrogen) atoms. The first-order chi connectivity index (χ1) is 22.4. The zero-order valence-corrected chi connectivity index (χ0v) is 67.2. The Hall–Kier alpha value is 1.38. The van der Waals surface area contributed by atoms with Gasteiger partial charge in [0.15, 0.2) is 0 Å². The van der Waals surface area contributed by atoms with E-state index in [-0.39, 0.29) is 64.4 Å². The van der Waals surface area contributed by atoms with Gasteiger partial charge >= 0.3 is 354 Å². The Morgan fingerprint density at radius 3 is 0.172 bits per heavy atom. The molecule has 0 aliphatic heterocycles. The first-order valence-corrected chi connectivity index (χ1v) is 57.3. The molecule has 0 spiro atoms. The molecule has 0 aromatic carbocycles. The molecule has 416 valence electrons. The number of quaternary nitrogens is 10. The Labute approximate surface area is 408 Å². The van der Waals surface area contributed by atoms with E-state index in [1.807, 2.05) is 0 Å². The summed E-state index contributed by atoms with van der Waals surface area (Å²) in [5.74, 6) is 0. The van der Waals surface area contributed by atoms with Crippen molar-refractivity contribution in [2.24, 2.45) is 0 Å². The fourth-order valence-electron chi connectivity index (χ4n) is 0. The van der Waals surface area contributed by atoms with Crippen LogP contribution in [0.2, 0.25) is 0 Å². The normalized spacial score (nSPS) is 7.69. The van der Waals surface area contributed by atoms with Crippen molar-refractivity contribution in [1.29, 1.82) is 0 Å². The van der Waals surface area contributed by atoms with Crippen molar-refractivity contribution < 1.29 is 354 Å². The van der Waals surface area contributed by atoms with E-state index in [0.717, 1.165) is 0 Å². The van der Waals surface area contributed by atoms with Crippen molar-refractivity contribution in [2.75, 3.05) is 0 Å². The fraction of sp³-hybridized carbons (Fsp3) is 0. The van der Waals surface area contributed by atoms with Gasteiger partial charge in [0, 0.05) is 0 Å². The van der Waals surface area contributed by atoms with Crippen LogP contribution < -0.4 is 107 Å². The number of hydrogen-bond acceptors (Lipinski definition) is 42. The van der Waals surface area contributed by atoms with Gasteiger partial charge in [-0.2, -0.15) is 0 Å². The average molecular weight is 3060 g/mol. The van der Waals surface area contributed by atoms with E-state index >= 15 is 0 Å². The topological polar surface area (TPSA) is 1150 Å². The zero-order valence-electron chi connectivity index (χ0n) is 34.0. The third-order valence-electron chi connectivity index (χ3n) is 0. The van der Waals surface area contributed by atoms with Crippen LogP contribution in [0.4, 0.5) is 0 Å². The van der Waals surface area contributed by atoms with E-state index in [1.165, 1.54) is 0 Å². The van der Waals surface area contributed by atoms with Gasteiger partial charge in [0.1, 0.15) is 0 Å². The predicted octanol–water partition coefficient (Wildman–Crippen LogP) is -13.9. The van der Waals surface area contributed by atoms with E-state index in [9.17, 15) is 0 Å². The molecule has 64 heteroatoms. The van der Waals surface area contributed by atoms with Crippen LogP contribution in [0.15, 0.2) is 0 Å². The standard InChI is InChI=1S/10H3N.42O.12W/h10*1H3;;;;;;;;;;;;;;;;;;;;;;;;;;;;;;;;;;;;;;;;;;;;;;;;;;;;;;/q;;;;;;;;;;;;;;;;;;;;;;;;;;;;;;;;;;;;;;;;12*-1;;;;;;;;;;;;/p+12. The fourth-order valence-corrected chi connectivity index (χ4v) is 0. The number of rotatable bonds is 0. The monoisotopic (exact) mass is 3060 g/mol. The molecule has 0 aromatic heterocycles. The van der Waals surface area contributed by atoms with Crippen LogP contribution in [0, 0.1) is 0 Å². The first-order valence-electron chi connectivity index (χ1n) is 7.00. The van der Waals surface area contributed by atoms with Crippen LogP contribution in [0.1, 0.15) is 2.85 Å². The summed E-state index contributed by atoms with van der Waals surface area (Å²) in [7, 11) is 0. The minimum absolute atomic E-state index is 0. The Bertz CT molecular complexity index is 1840. The van der Waals surface area contributed by atoms with Crippen LogP contribution in [0.3, 0.4) is 0 Å². The van der Waals surface area contributed by atoms with E-state index < -0.39 is 204 Å². The van der Waals surface area contributed by atoms with Gasteiger partial charge < -0.3 is 61.5 Å². The summed E-state index contributed by atoms with van der Waals surface area (Å²) in [5, 5.41) is 0. The summed E-state index contributed by atoms with van der Waals surface area (Å²) in [6.45, 7) is 0. The van der Waals surface area contributed by atoms with Gasteiger partial charge in [-0.05, 0) is 0 Å². The second kappa shape index (κ2) is 84.3. The summed E-state index contributed by atoms with van der Waals surface area (Å²) in [5.41, 5.74) is 0. The summed E-state index contributed by atoms with van der Waals surface area (Å²) in [6, 6.07) is 0. The quantitative estimate of drug-likeness (QED) is 0.108. The van der Waals surface area contributed by atoms with Gasteiger partial charge in [-0.25, -0.2) is 0 Å². The predicted molar refractivity (Wildman–Crippen MR) is 82.7 cm³/mol. The third-order valence-corrected chi connectivity index (χ3v) is 0. The van der Waals surface area contributed by atoms with Crippen LogP contribution >= 0.6 is 0 Å². The maximum absolute atomic E-state index is 8.65. The molecule has 0 fully saturated rings. The molecule has 0 saturated heterocycles. The van der Waals surface area contributed by atoms with Crippen molar-refractivity contribution in [3.63, 3.8) is 0 Å².